The third-order valence-electron chi connectivity index (χ3n) is 3.66. The van der Waals surface area contributed by atoms with Crippen molar-refractivity contribution < 1.29 is 4.79 Å². The van der Waals surface area contributed by atoms with Crippen LogP contribution in [0.5, 0.6) is 0 Å². The van der Waals surface area contributed by atoms with Crippen molar-refractivity contribution in [3.63, 3.8) is 0 Å². The quantitative estimate of drug-likeness (QED) is 0.826. The summed E-state index contributed by atoms with van der Waals surface area (Å²) in [4.78, 5) is 14.7. The molecule has 0 unspecified atom stereocenters. The van der Waals surface area contributed by atoms with E-state index < -0.39 is 5.54 Å². The Hall–Kier alpha value is -1.35. The Morgan fingerprint density at radius 2 is 1.72 bits per heavy atom. The molecule has 18 heavy (non-hydrogen) atoms. The Morgan fingerprint density at radius 3 is 2.33 bits per heavy atom. The van der Waals surface area contributed by atoms with E-state index in [9.17, 15) is 4.79 Å². The summed E-state index contributed by atoms with van der Waals surface area (Å²) in [5, 5.41) is 3.33. The average Bonchev–Trinajstić information content (AvgIpc) is 2.36. The van der Waals surface area contributed by atoms with Gasteiger partial charge in [-0.3, -0.25) is 4.79 Å². The maximum atomic E-state index is 12.7. The van der Waals surface area contributed by atoms with Crippen LogP contribution in [0.25, 0.3) is 0 Å². The van der Waals surface area contributed by atoms with E-state index in [-0.39, 0.29) is 11.4 Å². The molecule has 0 spiro atoms. The van der Waals surface area contributed by atoms with Gasteiger partial charge in [-0.1, -0.05) is 18.2 Å². The summed E-state index contributed by atoms with van der Waals surface area (Å²) in [6.45, 7) is 9.01. The molecule has 1 aliphatic heterocycles. The molecule has 1 aromatic carbocycles. The van der Waals surface area contributed by atoms with Gasteiger partial charge in [0.25, 0.3) is 0 Å². The number of anilines is 1. The standard InChI is InChI=1S/C15H22N2O/c1-14(2)10-11-16-15(3,4)13(18)17(14)12-8-6-5-7-9-12/h5-9,16H,10-11H2,1-4H3. The Kier molecular flexibility index (Phi) is 3.20. The largest absolute Gasteiger partial charge is 0.305 e. The van der Waals surface area contributed by atoms with Gasteiger partial charge < -0.3 is 10.2 Å². The fraction of sp³-hybridized carbons (Fsp3) is 0.533. The Balaban J connectivity index is 2.48. The maximum absolute atomic E-state index is 12.7. The van der Waals surface area contributed by atoms with E-state index in [0.29, 0.717) is 0 Å². The highest BCUT2D eigenvalue weighted by Gasteiger charge is 2.42. The molecule has 0 aromatic heterocycles. The Labute approximate surface area is 109 Å². The topological polar surface area (TPSA) is 32.3 Å². The highest BCUT2D eigenvalue weighted by Crippen LogP contribution is 2.31. The minimum absolute atomic E-state index is 0.135. The smallest absolute Gasteiger partial charge is 0.247 e. The van der Waals surface area contributed by atoms with Crippen molar-refractivity contribution in [1.82, 2.24) is 5.32 Å². The molecule has 0 bridgehead atoms. The molecule has 98 valence electrons. The minimum atomic E-state index is -0.510. The van der Waals surface area contributed by atoms with Crippen molar-refractivity contribution in [2.24, 2.45) is 0 Å². The second-order valence-electron chi connectivity index (χ2n) is 6.09. The van der Waals surface area contributed by atoms with Crippen molar-refractivity contribution >= 4 is 11.6 Å². The number of hydrogen-bond acceptors (Lipinski definition) is 2. The SMILES string of the molecule is CC1(C)NCCC(C)(C)N(c2ccccc2)C1=O. The van der Waals surface area contributed by atoms with Crippen LogP contribution in [0.2, 0.25) is 0 Å². The summed E-state index contributed by atoms with van der Waals surface area (Å²) in [5.74, 6) is 0.135. The molecule has 1 aliphatic rings. The van der Waals surface area contributed by atoms with Crippen LogP contribution < -0.4 is 10.2 Å². The minimum Gasteiger partial charge on any atom is -0.305 e. The van der Waals surface area contributed by atoms with E-state index in [1.54, 1.807) is 0 Å². The average molecular weight is 246 g/mol. The molecular formula is C15H22N2O. The molecule has 1 saturated heterocycles. The van der Waals surface area contributed by atoms with E-state index in [2.05, 4.69) is 19.2 Å². The molecule has 1 amide bonds. The molecule has 1 N–H and O–H groups in total. The number of rotatable bonds is 1. The van der Waals surface area contributed by atoms with Crippen LogP contribution in [0, 0.1) is 0 Å². The first-order chi connectivity index (χ1) is 8.34. The Bertz CT molecular complexity index is 437. The van der Waals surface area contributed by atoms with E-state index in [0.717, 1.165) is 18.7 Å². The molecule has 1 aromatic rings. The van der Waals surface area contributed by atoms with Gasteiger partial charge in [0.05, 0.1) is 5.54 Å². The second-order valence-corrected chi connectivity index (χ2v) is 6.09. The van der Waals surface area contributed by atoms with Crippen LogP contribution in [0.15, 0.2) is 30.3 Å². The Morgan fingerprint density at radius 1 is 1.11 bits per heavy atom. The van der Waals surface area contributed by atoms with Crippen molar-refractivity contribution in [2.75, 3.05) is 11.4 Å². The number of benzene rings is 1. The molecule has 3 nitrogen and oxygen atoms in total. The lowest BCUT2D eigenvalue weighted by molar-refractivity contribution is -0.124. The molecule has 0 atom stereocenters. The van der Waals surface area contributed by atoms with Gasteiger partial charge >= 0.3 is 0 Å². The normalized spacial score (nSPS) is 22.7. The third kappa shape index (κ3) is 2.27. The van der Waals surface area contributed by atoms with Gasteiger partial charge in [0, 0.05) is 11.2 Å². The summed E-state index contributed by atoms with van der Waals surface area (Å²) < 4.78 is 0. The van der Waals surface area contributed by atoms with Crippen LogP contribution in [0.4, 0.5) is 5.69 Å². The van der Waals surface area contributed by atoms with Crippen LogP contribution in [0.3, 0.4) is 0 Å². The number of nitrogens with one attached hydrogen (secondary N) is 1. The molecular weight excluding hydrogens is 224 g/mol. The first kappa shape index (κ1) is 13.1. The van der Waals surface area contributed by atoms with E-state index in [1.165, 1.54) is 0 Å². The van der Waals surface area contributed by atoms with Crippen LogP contribution in [-0.4, -0.2) is 23.5 Å². The van der Waals surface area contributed by atoms with Crippen LogP contribution in [0.1, 0.15) is 34.1 Å². The summed E-state index contributed by atoms with van der Waals surface area (Å²) >= 11 is 0. The molecule has 3 heteroatoms. The van der Waals surface area contributed by atoms with E-state index in [4.69, 9.17) is 0 Å². The highest BCUT2D eigenvalue weighted by molar-refractivity contribution is 6.01. The molecule has 2 rings (SSSR count). The lowest BCUT2D eigenvalue weighted by atomic mass is 9.96. The van der Waals surface area contributed by atoms with Crippen molar-refractivity contribution in [3.8, 4) is 0 Å². The summed E-state index contributed by atoms with van der Waals surface area (Å²) in [6.07, 6.45) is 0.942. The lowest BCUT2D eigenvalue weighted by Crippen LogP contribution is -2.56. The van der Waals surface area contributed by atoms with E-state index in [1.807, 2.05) is 49.1 Å². The second kappa shape index (κ2) is 4.39. The van der Waals surface area contributed by atoms with Crippen LogP contribution >= 0.6 is 0 Å². The van der Waals surface area contributed by atoms with Gasteiger partial charge in [0.2, 0.25) is 5.91 Å². The van der Waals surface area contributed by atoms with Gasteiger partial charge in [-0.05, 0) is 52.8 Å². The van der Waals surface area contributed by atoms with Crippen molar-refractivity contribution in [3.05, 3.63) is 30.3 Å². The fourth-order valence-electron chi connectivity index (χ4n) is 2.47. The van der Waals surface area contributed by atoms with Gasteiger partial charge in [0.15, 0.2) is 0 Å². The van der Waals surface area contributed by atoms with E-state index >= 15 is 0 Å². The summed E-state index contributed by atoms with van der Waals surface area (Å²) in [7, 11) is 0. The molecule has 0 radical (unpaired) electrons. The number of carbonyl (C=O) groups is 1. The fourth-order valence-corrected chi connectivity index (χ4v) is 2.47. The lowest BCUT2D eigenvalue weighted by Gasteiger charge is -2.39. The molecule has 1 heterocycles. The summed E-state index contributed by atoms with van der Waals surface area (Å²) in [6, 6.07) is 9.93. The third-order valence-corrected chi connectivity index (χ3v) is 3.66. The van der Waals surface area contributed by atoms with Crippen LogP contribution in [-0.2, 0) is 4.79 Å². The number of hydrogen-bond donors (Lipinski definition) is 1. The van der Waals surface area contributed by atoms with Gasteiger partial charge in [-0.2, -0.15) is 0 Å². The van der Waals surface area contributed by atoms with Gasteiger partial charge in [-0.25, -0.2) is 0 Å². The van der Waals surface area contributed by atoms with Crippen molar-refractivity contribution in [1.29, 1.82) is 0 Å². The van der Waals surface area contributed by atoms with Gasteiger partial charge in [0.1, 0.15) is 0 Å². The summed E-state index contributed by atoms with van der Waals surface area (Å²) in [5.41, 5.74) is 0.298. The first-order valence-electron chi connectivity index (χ1n) is 6.49. The molecule has 1 fully saturated rings. The number of para-hydroxylation sites is 1. The molecule has 0 aliphatic carbocycles. The first-order valence-corrected chi connectivity index (χ1v) is 6.49. The maximum Gasteiger partial charge on any atom is 0.247 e. The van der Waals surface area contributed by atoms with Crippen molar-refractivity contribution in [2.45, 2.75) is 45.2 Å². The number of nitrogens with zero attached hydrogens (tertiary/aromatic N) is 1. The zero-order valence-corrected chi connectivity index (χ0v) is 11.7. The zero-order valence-electron chi connectivity index (χ0n) is 11.7. The molecule has 0 saturated carbocycles. The predicted octanol–water partition coefficient (Wildman–Crippen LogP) is 2.57. The van der Waals surface area contributed by atoms with Gasteiger partial charge in [-0.15, -0.1) is 0 Å². The zero-order chi connectivity index (χ0) is 13.4. The number of amides is 1. The monoisotopic (exact) mass is 246 g/mol. The highest BCUT2D eigenvalue weighted by atomic mass is 16.2. The predicted molar refractivity (Wildman–Crippen MR) is 74.7 cm³/mol. The number of carbonyl (C=O) groups excluding carboxylic acids is 1.